The van der Waals surface area contributed by atoms with Crippen LogP contribution in [0.25, 0.3) is 0 Å². The SMILES string of the molecule is COC(=O)c1ccc(C(=O)NCc2cnccn2)s1. The second-order valence-electron chi connectivity index (χ2n) is 3.53. The minimum Gasteiger partial charge on any atom is -0.465 e. The summed E-state index contributed by atoms with van der Waals surface area (Å²) in [6.07, 6.45) is 4.70. The summed E-state index contributed by atoms with van der Waals surface area (Å²) in [5.41, 5.74) is 0.667. The molecule has 0 unspecified atom stereocenters. The Morgan fingerprint density at radius 2 is 2.11 bits per heavy atom. The monoisotopic (exact) mass is 277 g/mol. The maximum Gasteiger partial charge on any atom is 0.348 e. The summed E-state index contributed by atoms with van der Waals surface area (Å²) in [7, 11) is 1.30. The maximum absolute atomic E-state index is 11.8. The standard InChI is InChI=1S/C12H11N3O3S/c1-18-12(17)10-3-2-9(19-10)11(16)15-7-8-6-13-4-5-14-8/h2-6H,7H2,1H3,(H,15,16). The molecular formula is C12H11N3O3S. The van der Waals surface area contributed by atoms with Gasteiger partial charge in [0.25, 0.3) is 5.91 Å². The first-order valence-electron chi connectivity index (χ1n) is 5.42. The number of ether oxygens (including phenoxy) is 1. The second kappa shape index (κ2) is 6.05. The number of methoxy groups -OCH3 is 1. The molecule has 0 radical (unpaired) electrons. The van der Waals surface area contributed by atoms with Gasteiger partial charge in [-0.1, -0.05) is 0 Å². The van der Waals surface area contributed by atoms with E-state index in [4.69, 9.17) is 0 Å². The van der Waals surface area contributed by atoms with Gasteiger partial charge in [-0.2, -0.15) is 0 Å². The van der Waals surface area contributed by atoms with Gasteiger partial charge in [-0.15, -0.1) is 11.3 Å². The highest BCUT2D eigenvalue weighted by atomic mass is 32.1. The third-order valence-corrected chi connectivity index (χ3v) is 3.33. The summed E-state index contributed by atoms with van der Waals surface area (Å²) in [6.45, 7) is 0.290. The third-order valence-electron chi connectivity index (χ3n) is 2.26. The first kappa shape index (κ1) is 13.2. The number of hydrogen-bond acceptors (Lipinski definition) is 6. The van der Waals surface area contributed by atoms with Crippen LogP contribution in [-0.2, 0) is 11.3 Å². The molecule has 0 fully saturated rings. The Hall–Kier alpha value is -2.28. The van der Waals surface area contributed by atoms with E-state index in [-0.39, 0.29) is 12.5 Å². The number of nitrogens with one attached hydrogen (secondary N) is 1. The van der Waals surface area contributed by atoms with E-state index in [1.165, 1.54) is 7.11 Å². The van der Waals surface area contributed by atoms with E-state index in [2.05, 4.69) is 20.0 Å². The fourth-order valence-corrected chi connectivity index (χ4v) is 2.19. The Kier molecular flexibility index (Phi) is 4.19. The number of hydrogen-bond donors (Lipinski definition) is 1. The number of amides is 1. The van der Waals surface area contributed by atoms with Crippen molar-refractivity contribution in [2.24, 2.45) is 0 Å². The smallest absolute Gasteiger partial charge is 0.348 e. The van der Waals surface area contributed by atoms with Gasteiger partial charge in [0, 0.05) is 12.4 Å². The summed E-state index contributed by atoms with van der Waals surface area (Å²) in [6, 6.07) is 3.15. The van der Waals surface area contributed by atoms with Crippen LogP contribution in [0.1, 0.15) is 25.0 Å². The molecule has 0 aliphatic rings. The predicted molar refractivity (Wildman–Crippen MR) is 68.9 cm³/mol. The molecule has 0 atom stereocenters. The maximum atomic E-state index is 11.8. The van der Waals surface area contributed by atoms with Crippen LogP contribution in [-0.4, -0.2) is 29.0 Å². The quantitative estimate of drug-likeness (QED) is 0.851. The Labute approximate surface area is 113 Å². The molecule has 0 spiro atoms. The van der Waals surface area contributed by atoms with Crippen molar-refractivity contribution >= 4 is 23.2 Å². The zero-order chi connectivity index (χ0) is 13.7. The topological polar surface area (TPSA) is 81.2 Å². The van der Waals surface area contributed by atoms with E-state index < -0.39 is 5.97 Å². The molecule has 19 heavy (non-hydrogen) atoms. The minimum absolute atomic E-state index is 0.259. The lowest BCUT2D eigenvalue weighted by Gasteiger charge is -2.01. The third kappa shape index (κ3) is 3.35. The van der Waals surface area contributed by atoms with E-state index in [0.717, 1.165) is 11.3 Å². The van der Waals surface area contributed by atoms with E-state index in [9.17, 15) is 9.59 Å². The molecule has 98 valence electrons. The molecule has 0 saturated carbocycles. The molecule has 1 amide bonds. The molecule has 0 aliphatic heterocycles. The van der Waals surface area contributed by atoms with Gasteiger partial charge in [0.2, 0.25) is 0 Å². The zero-order valence-corrected chi connectivity index (χ0v) is 10.9. The number of esters is 1. The Morgan fingerprint density at radius 3 is 2.79 bits per heavy atom. The van der Waals surface area contributed by atoms with Crippen LogP contribution in [0.3, 0.4) is 0 Å². The molecule has 0 aromatic carbocycles. The van der Waals surface area contributed by atoms with Crippen LogP contribution in [0, 0.1) is 0 Å². The fraction of sp³-hybridized carbons (Fsp3) is 0.167. The second-order valence-corrected chi connectivity index (χ2v) is 4.62. The lowest BCUT2D eigenvalue weighted by atomic mass is 10.4. The highest BCUT2D eigenvalue weighted by molar-refractivity contribution is 7.15. The molecular weight excluding hydrogens is 266 g/mol. The van der Waals surface area contributed by atoms with Gasteiger partial charge in [-0.05, 0) is 12.1 Å². The largest absolute Gasteiger partial charge is 0.465 e. The van der Waals surface area contributed by atoms with Gasteiger partial charge in [-0.3, -0.25) is 14.8 Å². The Balaban J connectivity index is 1.97. The number of carbonyl (C=O) groups is 2. The summed E-state index contributed by atoms with van der Waals surface area (Å²) in [5, 5.41) is 2.70. The van der Waals surface area contributed by atoms with E-state index in [0.29, 0.717) is 15.4 Å². The van der Waals surface area contributed by atoms with Crippen molar-refractivity contribution in [3.05, 3.63) is 46.2 Å². The van der Waals surface area contributed by atoms with Crippen LogP contribution >= 0.6 is 11.3 Å². The van der Waals surface area contributed by atoms with Gasteiger partial charge < -0.3 is 10.1 Å². The molecule has 7 heteroatoms. The Morgan fingerprint density at radius 1 is 1.32 bits per heavy atom. The molecule has 2 rings (SSSR count). The predicted octanol–water partition coefficient (Wildman–Crippen LogP) is 1.25. The van der Waals surface area contributed by atoms with Gasteiger partial charge >= 0.3 is 5.97 Å². The molecule has 0 bridgehead atoms. The van der Waals surface area contributed by atoms with E-state index in [1.54, 1.807) is 30.7 Å². The molecule has 2 aromatic heterocycles. The van der Waals surface area contributed by atoms with Crippen molar-refractivity contribution in [3.63, 3.8) is 0 Å². The van der Waals surface area contributed by atoms with Gasteiger partial charge in [-0.25, -0.2) is 4.79 Å². The minimum atomic E-state index is -0.446. The summed E-state index contributed by atoms with van der Waals surface area (Å²) in [4.78, 5) is 31.9. The van der Waals surface area contributed by atoms with Crippen molar-refractivity contribution in [1.29, 1.82) is 0 Å². The van der Waals surface area contributed by atoms with Crippen LogP contribution in [0.5, 0.6) is 0 Å². The average molecular weight is 277 g/mol. The van der Waals surface area contributed by atoms with Crippen LogP contribution < -0.4 is 5.32 Å². The lowest BCUT2D eigenvalue weighted by molar-refractivity contribution is 0.0606. The van der Waals surface area contributed by atoms with Crippen LogP contribution in [0.2, 0.25) is 0 Å². The molecule has 2 aromatic rings. The van der Waals surface area contributed by atoms with Gasteiger partial charge in [0.05, 0.1) is 30.4 Å². The van der Waals surface area contributed by atoms with Crippen LogP contribution in [0.4, 0.5) is 0 Å². The fourth-order valence-electron chi connectivity index (χ4n) is 1.35. The normalized spacial score (nSPS) is 9.95. The first-order chi connectivity index (χ1) is 9.20. The highest BCUT2D eigenvalue weighted by Crippen LogP contribution is 2.17. The molecule has 6 nitrogen and oxygen atoms in total. The molecule has 0 saturated heterocycles. The number of carbonyl (C=O) groups excluding carboxylic acids is 2. The van der Waals surface area contributed by atoms with E-state index in [1.807, 2.05) is 0 Å². The van der Waals surface area contributed by atoms with Crippen molar-refractivity contribution in [2.45, 2.75) is 6.54 Å². The van der Waals surface area contributed by atoms with Gasteiger partial charge in [0.15, 0.2) is 0 Å². The Bertz CT molecular complexity index is 583. The van der Waals surface area contributed by atoms with Crippen molar-refractivity contribution < 1.29 is 14.3 Å². The molecule has 0 aliphatic carbocycles. The van der Waals surface area contributed by atoms with Crippen molar-refractivity contribution in [1.82, 2.24) is 15.3 Å². The van der Waals surface area contributed by atoms with Crippen molar-refractivity contribution in [3.8, 4) is 0 Å². The highest BCUT2D eigenvalue weighted by Gasteiger charge is 2.13. The van der Waals surface area contributed by atoms with Crippen LogP contribution in [0.15, 0.2) is 30.7 Å². The zero-order valence-electron chi connectivity index (χ0n) is 10.1. The summed E-state index contributed by atoms with van der Waals surface area (Å²) in [5.74, 6) is -0.705. The van der Waals surface area contributed by atoms with Crippen molar-refractivity contribution in [2.75, 3.05) is 7.11 Å². The number of rotatable bonds is 4. The number of thiophene rings is 1. The summed E-state index contributed by atoms with van der Waals surface area (Å²) < 4.78 is 4.58. The first-order valence-corrected chi connectivity index (χ1v) is 6.23. The van der Waals surface area contributed by atoms with Gasteiger partial charge in [0.1, 0.15) is 4.88 Å². The average Bonchev–Trinajstić information content (AvgIpc) is 2.95. The molecule has 2 heterocycles. The lowest BCUT2D eigenvalue weighted by Crippen LogP contribution is -2.22. The summed E-state index contributed by atoms with van der Waals surface area (Å²) >= 11 is 1.09. The number of nitrogens with zero attached hydrogens (tertiary/aromatic N) is 2. The molecule has 1 N–H and O–H groups in total. The van der Waals surface area contributed by atoms with E-state index >= 15 is 0 Å². The number of aromatic nitrogens is 2.